The summed E-state index contributed by atoms with van der Waals surface area (Å²) in [5.41, 5.74) is 0.635. The zero-order valence-corrected chi connectivity index (χ0v) is 9.62. The Hall–Kier alpha value is -0.930. The molecule has 2 nitrogen and oxygen atoms in total. The van der Waals surface area contributed by atoms with Gasteiger partial charge in [-0.05, 0) is 44.1 Å². The van der Waals surface area contributed by atoms with E-state index in [0.717, 1.165) is 31.5 Å². The van der Waals surface area contributed by atoms with Gasteiger partial charge >= 0.3 is 0 Å². The largest absolute Gasteiger partial charge is 0.395 e. The minimum Gasteiger partial charge on any atom is -0.395 e. The molecule has 1 heterocycles. The van der Waals surface area contributed by atoms with Gasteiger partial charge in [-0.15, -0.1) is 0 Å². The SMILES string of the molecule is CN1CCCC(CO)(c2cccc(F)c2)C1. The van der Waals surface area contributed by atoms with Crippen LogP contribution in [0.2, 0.25) is 0 Å². The van der Waals surface area contributed by atoms with Crippen molar-refractivity contribution in [2.75, 3.05) is 26.7 Å². The third-order valence-corrected chi connectivity index (χ3v) is 3.51. The second-order valence-electron chi connectivity index (χ2n) is 4.79. The molecule has 0 radical (unpaired) electrons. The lowest BCUT2D eigenvalue weighted by atomic mass is 9.75. The summed E-state index contributed by atoms with van der Waals surface area (Å²) < 4.78 is 13.2. The Morgan fingerprint density at radius 1 is 1.50 bits per heavy atom. The first-order valence-corrected chi connectivity index (χ1v) is 5.72. The molecule has 1 aromatic rings. The van der Waals surface area contributed by atoms with Gasteiger partial charge in [-0.3, -0.25) is 0 Å². The maximum Gasteiger partial charge on any atom is 0.123 e. The van der Waals surface area contributed by atoms with Crippen LogP contribution >= 0.6 is 0 Å². The normalized spacial score (nSPS) is 26.9. The molecule has 3 heteroatoms. The van der Waals surface area contributed by atoms with Gasteiger partial charge in [0.05, 0.1) is 6.61 Å². The predicted octanol–water partition coefficient (Wildman–Crippen LogP) is 1.78. The molecule has 88 valence electrons. The van der Waals surface area contributed by atoms with Gasteiger partial charge in [0.25, 0.3) is 0 Å². The predicted molar refractivity (Wildman–Crippen MR) is 61.9 cm³/mol. The van der Waals surface area contributed by atoms with Gasteiger partial charge in [-0.25, -0.2) is 4.39 Å². The van der Waals surface area contributed by atoms with E-state index in [9.17, 15) is 9.50 Å². The van der Waals surface area contributed by atoms with Gasteiger partial charge < -0.3 is 10.0 Å². The smallest absolute Gasteiger partial charge is 0.123 e. The van der Waals surface area contributed by atoms with E-state index in [4.69, 9.17) is 0 Å². The molecule has 1 N–H and O–H groups in total. The third-order valence-electron chi connectivity index (χ3n) is 3.51. The molecule has 1 fully saturated rings. The summed E-state index contributed by atoms with van der Waals surface area (Å²) in [6.07, 6.45) is 1.98. The summed E-state index contributed by atoms with van der Waals surface area (Å²) in [4.78, 5) is 2.20. The van der Waals surface area contributed by atoms with Crippen LogP contribution in [0.25, 0.3) is 0 Å². The number of nitrogens with zero attached hydrogens (tertiary/aromatic N) is 1. The highest BCUT2D eigenvalue weighted by Gasteiger charge is 2.35. The molecule has 1 aliphatic heterocycles. The van der Waals surface area contributed by atoms with Crippen LogP contribution in [0.3, 0.4) is 0 Å². The molecule has 16 heavy (non-hydrogen) atoms. The van der Waals surface area contributed by atoms with Crippen LogP contribution in [-0.4, -0.2) is 36.8 Å². The fourth-order valence-electron chi connectivity index (χ4n) is 2.64. The van der Waals surface area contributed by atoms with Crippen LogP contribution < -0.4 is 0 Å². The lowest BCUT2D eigenvalue weighted by Gasteiger charge is -2.40. The minimum atomic E-state index is -0.283. The highest BCUT2D eigenvalue weighted by atomic mass is 19.1. The zero-order chi connectivity index (χ0) is 11.6. The molecule has 1 aromatic carbocycles. The zero-order valence-electron chi connectivity index (χ0n) is 9.62. The summed E-state index contributed by atoms with van der Waals surface area (Å²) in [5, 5.41) is 9.65. The number of aliphatic hydroxyl groups excluding tert-OH is 1. The second-order valence-corrected chi connectivity index (χ2v) is 4.79. The molecule has 1 atom stereocenters. The lowest BCUT2D eigenvalue weighted by Crippen LogP contribution is -2.46. The fourth-order valence-corrected chi connectivity index (χ4v) is 2.64. The summed E-state index contributed by atoms with van der Waals surface area (Å²) in [6, 6.07) is 6.63. The van der Waals surface area contributed by atoms with Crippen molar-refractivity contribution in [1.29, 1.82) is 0 Å². The molecule has 1 aliphatic rings. The van der Waals surface area contributed by atoms with Gasteiger partial charge in [0, 0.05) is 12.0 Å². The number of hydrogen-bond acceptors (Lipinski definition) is 2. The van der Waals surface area contributed by atoms with E-state index in [1.54, 1.807) is 12.1 Å². The molecule has 0 aromatic heterocycles. The highest BCUT2D eigenvalue weighted by molar-refractivity contribution is 5.27. The molecular formula is C13H18FNO. The number of likely N-dealkylation sites (N-methyl/N-ethyl adjacent to an activating group) is 1. The molecule has 1 saturated heterocycles. The fraction of sp³-hybridized carbons (Fsp3) is 0.538. The van der Waals surface area contributed by atoms with E-state index in [2.05, 4.69) is 4.90 Å². The van der Waals surface area contributed by atoms with E-state index < -0.39 is 0 Å². The Balaban J connectivity index is 2.33. The van der Waals surface area contributed by atoms with Crippen LogP contribution in [0.1, 0.15) is 18.4 Å². The lowest BCUT2D eigenvalue weighted by molar-refractivity contribution is 0.104. The van der Waals surface area contributed by atoms with Gasteiger partial charge in [-0.2, -0.15) is 0 Å². The minimum absolute atomic E-state index is 0.0841. The molecule has 0 aliphatic carbocycles. The Morgan fingerprint density at radius 3 is 2.94 bits per heavy atom. The van der Waals surface area contributed by atoms with Gasteiger partial charge in [0.2, 0.25) is 0 Å². The van der Waals surface area contributed by atoms with Crippen LogP contribution in [0.4, 0.5) is 4.39 Å². The molecule has 2 rings (SSSR count). The van der Waals surface area contributed by atoms with Crippen molar-refractivity contribution in [1.82, 2.24) is 4.90 Å². The average Bonchev–Trinajstić information content (AvgIpc) is 2.29. The first kappa shape index (κ1) is 11.6. The maximum absolute atomic E-state index is 13.2. The molecule has 0 amide bonds. The van der Waals surface area contributed by atoms with E-state index >= 15 is 0 Å². The molecule has 1 unspecified atom stereocenters. The van der Waals surface area contributed by atoms with Gasteiger partial charge in [-0.1, -0.05) is 12.1 Å². The summed E-state index contributed by atoms with van der Waals surface area (Å²) in [6.45, 7) is 1.94. The highest BCUT2D eigenvalue weighted by Crippen LogP contribution is 2.33. The van der Waals surface area contributed by atoms with Crippen LogP contribution in [0.5, 0.6) is 0 Å². The number of hydrogen-bond donors (Lipinski definition) is 1. The second kappa shape index (κ2) is 4.52. The van der Waals surface area contributed by atoms with Gasteiger partial charge in [0.15, 0.2) is 0 Å². The summed E-state index contributed by atoms with van der Waals surface area (Å²) in [5.74, 6) is -0.224. The quantitative estimate of drug-likeness (QED) is 0.826. The van der Waals surface area contributed by atoms with Crippen molar-refractivity contribution in [3.05, 3.63) is 35.6 Å². The van der Waals surface area contributed by atoms with Crippen LogP contribution in [-0.2, 0) is 5.41 Å². The number of piperidine rings is 1. The number of aliphatic hydroxyl groups is 1. The number of likely N-dealkylation sites (tertiary alicyclic amines) is 1. The van der Waals surface area contributed by atoms with E-state index in [-0.39, 0.29) is 17.8 Å². The van der Waals surface area contributed by atoms with Crippen LogP contribution in [0, 0.1) is 5.82 Å². The van der Waals surface area contributed by atoms with E-state index in [1.165, 1.54) is 6.07 Å². The standard InChI is InChI=1S/C13H18FNO/c1-15-7-3-6-13(9-15,10-16)11-4-2-5-12(14)8-11/h2,4-5,8,16H,3,6-7,9-10H2,1H3. The van der Waals surface area contributed by atoms with Crippen molar-refractivity contribution in [3.8, 4) is 0 Å². The maximum atomic E-state index is 13.2. The van der Waals surface area contributed by atoms with Crippen LogP contribution in [0.15, 0.2) is 24.3 Å². The third kappa shape index (κ3) is 2.11. The monoisotopic (exact) mass is 223 g/mol. The van der Waals surface area contributed by atoms with Crippen molar-refractivity contribution in [2.45, 2.75) is 18.3 Å². The molecular weight excluding hydrogens is 205 g/mol. The Morgan fingerprint density at radius 2 is 2.31 bits per heavy atom. The average molecular weight is 223 g/mol. The molecule has 0 saturated carbocycles. The first-order valence-electron chi connectivity index (χ1n) is 5.72. The summed E-state index contributed by atoms with van der Waals surface area (Å²) >= 11 is 0. The number of rotatable bonds is 2. The topological polar surface area (TPSA) is 23.5 Å². The number of halogens is 1. The Kier molecular flexibility index (Phi) is 3.26. The van der Waals surface area contributed by atoms with Crippen molar-refractivity contribution in [2.24, 2.45) is 0 Å². The van der Waals surface area contributed by atoms with Crippen molar-refractivity contribution in [3.63, 3.8) is 0 Å². The first-order chi connectivity index (χ1) is 7.66. The van der Waals surface area contributed by atoms with E-state index in [1.807, 2.05) is 13.1 Å². The van der Waals surface area contributed by atoms with Gasteiger partial charge in [0.1, 0.15) is 5.82 Å². The Bertz CT molecular complexity index is 369. The molecule has 0 bridgehead atoms. The van der Waals surface area contributed by atoms with Crippen molar-refractivity contribution >= 4 is 0 Å². The summed E-state index contributed by atoms with van der Waals surface area (Å²) in [7, 11) is 2.04. The van der Waals surface area contributed by atoms with E-state index in [0.29, 0.717) is 0 Å². The molecule has 0 spiro atoms. The number of benzene rings is 1. The Labute approximate surface area is 95.7 Å². The van der Waals surface area contributed by atoms with Crippen molar-refractivity contribution < 1.29 is 9.50 Å².